The van der Waals surface area contributed by atoms with Crippen molar-refractivity contribution < 1.29 is 34.7 Å². The van der Waals surface area contributed by atoms with Gasteiger partial charge in [0.1, 0.15) is 33.8 Å². The van der Waals surface area contributed by atoms with Crippen molar-refractivity contribution in [3.05, 3.63) is 57.9 Å². The third-order valence-corrected chi connectivity index (χ3v) is 6.84. The molecule has 1 heterocycles. The molecule has 0 saturated carbocycles. The third kappa shape index (κ3) is 6.83. The molecular weight excluding hydrogens is 464 g/mol. The standard InChI is InChI=1S/C28H38O8/c1-35-19-14-22(31)27-23(32)17-25(36-26(27)15-19)20-16-21(30)24(33)18-28(20,34)12-10-8-6-4-2-3-5-7-9-11-13-29/h14-18,20,29-31,33-34H,2-13H2,1H3. The van der Waals surface area contributed by atoms with Gasteiger partial charge in [0.15, 0.2) is 16.9 Å². The summed E-state index contributed by atoms with van der Waals surface area (Å²) in [6, 6.07) is 4.00. The van der Waals surface area contributed by atoms with Crippen molar-refractivity contribution >= 4 is 11.0 Å². The lowest BCUT2D eigenvalue weighted by molar-refractivity contribution is 0.0483. The van der Waals surface area contributed by atoms with Crippen molar-refractivity contribution in [3.63, 3.8) is 0 Å². The fourth-order valence-electron chi connectivity index (χ4n) is 4.81. The zero-order valence-electron chi connectivity index (χ0n) is 20.9. The van der Waals surface area contributed by atoms with E-state index in [2.05, 4.69) is 0 Å². The summed E-state index contributed by atoms with van der Waals surface area (Å²) in [7, 11) is 1.43. The number of hydrogen-bond acceptors (Lipinski definition) is 8. The molecule has 36 heavy (non-hydrogen) atoms. The van der Waals surface area contributed by atoms with Crippen LogP contribution >= 0.6 is 0 Å². The monoisotopic (exact) mass is 502 g/mol. The van der Waals surface area contributed by atoms with E-state index in [0.29, 0.717) is 18.6 Å². The molecule has 0 bridgehead atoms. The summed E-state index contributed by atoms with van der Waals surface area (Å²) in [6.45, 7) is 0.265. The Morgan fingerprint density at radius 3 is 2.11 bits per heavy atom. The average Bonchev–Trinajstić information content (AvgIpc) is 2.84. The van der Waals surface area contributed by atoms with Gasteiger partial charge in [0.2, 0.25) is 0 Å². The van der Waals surface area contributed by atoms with Crippen molar-refractivity contribution in [1.29, 1.82) is 0 Å². The molecule has 0 aliphatic heterocycles. The largest absolute Gasteiger partial charge is 0.507 e. The number of rotatable bonds is 14. The second-order valence-electron chi connectivity index (χ2n) is 9.59. The van der Waals surface area contributed by atoms with E-state index in [0.717, 1.165) is 44.9 Å². The number of phenols is 1. The first-order valence-electron chi connectivity index (χ1n) is 12.8. The highest BCUT2D eigenvalue weighted by Gasteiger charge is 2.40. The van der Waals surface area contributed by atoms with E-state index < -0.39 is 28.5 Å². The van der Waals surface area contributed by atoms with Crippen LogP contribution in [0.2, 0.25) is 0 Å². The molecule has 0 saturated heterocycles. The molecule has 0 spiro atoms. The Balaban J connectivity index is 1.67. The van der Waals surface area contributed by atoms with Gasteiger partial charge in [-0.15, -0.1) is 0 Å². The number of aliphatic hydroxyl groups excluding tert-OH is 3. The number of aliphatic hydroxyl groups is 4. The highest BCUT2D eigenvalue weighted by molar-refractivity contribution is 5.84. The van der Waals surface area contributed by atoms with E-state index in [1.54, 1.807) is 0 Å². The van der Waals surface area contributed by atoms with Crippen LogP contribution in [0, 0.1) is 0 Å². The summed E-state index contributed by atoms with van der Waals surface area (Å²) in [5.41, 5.74) is -1.95. The van der Waals surface area contributed by atoms with Crippen LogP contribution in [0.1, 0.15) is 82.3 Å². The van der Waals surface area contributed by atoms with Crippen molar-refractivity contribution in [2.75, 3.05) is 13.7 Å². The summed E-state index contributed by atoms with van der Waals surface area (Å²) in [6.07, 6.45) is 13.1. The first-order chi connectivity index (χ1) is 17.3. The maximum atomic E-state index is 12.8. The van der Waals surface area contributed by atoms with E-state index in [-0.39, 0.29) is 29.1 Å². The molecule has 2 atom stereocenters. The normalized spacial score (nSPS) is 19.8. The van der Waals surface area contributed by atoms with Crippen LogP contribution in [0.15, 0.2) is 51.1 Å². The molecule has 8 nitrogen and oxygen atoms in total. The van der Waals surface area contributed by atoms with Gasteiger partial charge in [-0.3, -0.25) is 4.79 Å². The Labute approximate surface area is 211 Å². The molecule has 2 aromatic rings. The lowest BCUT2D eigenvalue weighted by Crippen LogP contribution is -2.36. The first-order valence-corrected chi connectivity index (χ1v) is 12.8. The Kier molecular flexibility index (Phi) is 9.84. The van der Waals surface area contributed by atoms with Gasteiger partial charge in [0.05, 0.1) is 13.0 Å². The first kappa shape index (κ1) is 27.6. The molecule has 2 unspecified atom stereocenters. The minimum Gasteiger partial charge on any atom is -0.507 e. The summed E-state index contributed by atoms with van der Waals surface area (Å²) in [5, 5.41) is 50.8. The Morgan fingerprint density at radius 1 is 0.889 bits per heavy atom. The number of benzene rings is 1. The maximum Gasteiger partial charge on any atom is 0.196 e. The molecule has 5 N–H and O–H groups in total. The van der Waals surface area contributed by atoms with Crippen molar-refractivity contribution in [2.24, 2.45) is 0 Å². The second kappa shape index (κ2) is 12.8. The number of hydrogen-bond donors (Lipinski definition) is 5. The molecule has 1 aliphatic carbocycles. The highest BCUT2D eigenvalue weighted by Crippen LogP contribution is 2.41. The van der Waals surface area contributed by atoms with Gasteiger partial charge >= 0.3 is 0 Å². The number of phenolic OH excluding ortho intramolecular Hbond substituents is 1. The van der Waals surface area contributed by atoms with Crippen LogP contribution in [0.3, 0.4) is 0 Å². The predicted molar refractivity (Wildman–Crippen MR) is 138 cm³/mol. The second-order valence-corrected chi connectivity index (χ2v) is 9.59. The van der Waals surface area contributed by atoms with Crippen LogP contribution in [0.25, 0.3) is 11.0 Å². The highest BCUT2D eigenvalue weighted by atomic mass is 16.5. The lowest BCUT2D eigenvalue weighted by atomic mass is 9.77. The summed E-state index contributed by atoms with van der Waals surface area (Å²) in [4.78, 5) is 12.8. The Hall–Kier alpha value is -2.97. The van der Waals surface area contributed by atoms with E-state index in [1.807, 2.05) is 0 Å². The average molecular weight is 503 g/mol. The fraction of sp³-hybridized carbons (Fsp3) is 0.536. The van der Waals surface area contributed by atoms with Gasteiger partial charge < -0.3 is 34.7 Å². The van der Waals surface area contributed by atoms with Gasteiger partial charge in [-0.05, 0) is 25.0 Å². The number of fused-ring (bicyclic) bond motifs is 1. The number of methoxy groups -OCH3 is 1. The predicted octanol–water partition coefficient (Wildman–Crippen LogP) is 5.50. The summed E-state index contributed by atoms with van der Waals surface area (Å²) in [5.74, 6) is -1.58. The minimum atomic E-state index is -1.56. The molecule has 8 heteroatoms. The number of unbranched alkanes of at least 4 members (excludes halogenated alkanes) is 9. The molecule has 0 fully saturated rings. The molecule has 0 radical (unpaired) electrons. The van der Waals surface area contributed by atoms with E-state index in [4.69, 9.17) is 14.3 Å². The zero-order valence-corrected chi connectivity index (χ0v) is 20.9. The van der Waals surface area contributed by atoms with Crippen LogP contribution in [-0.2, 0) is 0 Å². The summed E-state index contributed by atoms with van der Waals surface area (Å²) < 4.78 is 11.1. The maximum absolute atomic E-state index is 12.8. The Morgan fingerprint density at radius 2 is 1.50 bits per heavy atom. The van der Waals surface area contributed by atoms with Crippen LogP contribution in [0.4, 0.5) is 0 Å². The topological polar surface area (TPSA) is 141 Å². The molecule has 0 amide bonds. The SMILES string of the molecule is COc1cc(O)c2c(=O)cc(C3C=C(O)C(O)=CC3(O)CCCCCCCCCCCCO)oc2c1. The van der Waals surface area contributed by atoms with E-state index in [9.17, 15) is 25.2 Å². The van der Waals surface area contributed by atoms with Gasteiger partial charge in [-0.1, -0.05) is 57.8 Å². The number of ether oxygens (including phenoxy) is 1. The zero-order chi connectivity index (χ0) is 26.1. The van der Waals surface area contributed by atoms with E-state index >= 15 is 0 Å². The fourth-order valence-corrected chi connectivity index (χ4v) is 4.81. The van der Waals surface area contributed by atoms with Crippen molar-refractivity contribution in [3.8, 4) is 11.5 Å². The van der Waals surface area contributed by atoms with Crippen molar-refractivity contribution in [2.45, 2.75) is 82.1 Å². The van der Waals surface area contributed by atoms with Gasteiger partial charge in [-0.25, -0.2) is 0 Å². The van der Waals surface area contributed by atoms with Crippen molar-refractivity contribution in [1.82, 2.24) is 0 Å². The quantitative estimate of drug-likeness (QED) is 0.213. The molecule has 1 aliphatic rings. The van der Waals surface area contributed by atoms with Gasteiger partial charge in [-0.2, -0.15) is 0 Å². The van der Waals surface area contributed by atoms with Gasteiger partial charge in [0, 0.05) is 24.8 Å². The molecule has 3 rings (SSSR count). The number of aromatic hydroxyl groups is 1. The third-order valence-electron chi connectivity index (χ3n) is 6.84. The lowest BCUT2D eigenvalue weighted by Gasteiger charge is -2.34. The Bertz CT molecular complexity index is 1130. The molecule has 1 aromatic carbocycles. The van der Waals surface area contributed by atoms with Gasteiger partial charge in [0.25, 0.3) is 0 Å². The molecule has 1 aromatic heterocycles. The van der Waals surface area contributed by atoms with E-state index in [1.165, 1.54) is 50.3 Å². The summed E-state index contributed by atoms with van der Waals surface area (Å²) >= 11 is 0. The van der Waals surface area contributed by atoms with Crippen LogP contribution < -0.4 is 10.2 Å². The molecule has 198 valence electrons. The minimum absolute atomic E-state index is 0.00103. The smallest absolute Gasteiger partial charge is 0.196 e. The molecular formula is C28H38O8. The van der Waals surface area contributed by atoms with Crippen LogP contribution in [-0.4, -0.2) is 44.9 Å². The van der Waals surface area contributed by atoms with Crippen LogP contribution in [0.5, 0.6) is 11.5 Å².